The first kappa shape index (κ1) is 22.3. The SMILES string of the molecule is CNC(=O)[C@]1(c2ccccn2)CCCN(C(=O)c2cccnc2Nc2cccc(OC)c2)C1. The number of hydrogen-bond acceptors (Lipinski definition) is 6. The molecule has 4 rings (SSSR count). The Hall–Kier alpha value is -3.94. The Labute approximate surface area is 193 Å². The normalized spacial score (nSPS) is 17.8. The second-order valence-electron chi connectivity index (χ2n) is 7.96. The van der Waals surface area contributed by atoms with Gasteiger partial charge in [-0.05, 0) is 49.2 Å². The molecule has 1 saturated heterocycles. The van der Waals surface area contributed by atoms with Crippen LogP contribution in [0.4, 0.5) is 11.5 Å². The lowest BCUT2D eigenvalue weighted by Gasteiger charge is -2.41. The summed E-state index contributed by atoms with van der Waals surface area (Å²) in [6.07, 6.45) is 4.63. The van der Waals surface area contributed by atoms with Gasteiger partial charge in [0.25, 0.3) is 5.91 Å². The summed E-state index contributed by atoms with van der Waals surface area (Å²) in [7, 11) is 3.22. The Kier molecular flexibility index (Phi) is 6.53. The number of carbonyl (C=O) groups excluding carboxylic acids is 2. The van der Waals surface area contributed by atoms with Gasteiger partial charge >= 0.3 is 0 Å². The number of carbonyl (C=O) groups is 2. The van der Waals surface area contributed by atoms with E-state index in [1.54, 1.807) is 43.6 Å². The zero-order valence-corrected chi connectivity index (χ0v) is 18.7. The number of rotatable bonds is 6. The molecule has 2 amide bonds. The Morgan fingerprint density at radius 2 is 1.91 bits per heavy atom. The first-order valence-corrected chi connectivity index (χ1v) is 10.9. The van der Waals surface area contributed by atoms with Crippen molar-refractivity contribution < 1.29 is 14.3 Å². The highest BCUT2D eigenvalue weighted by molar-refractivity contribution is 6.00. The predicted octanol–water partition coefficient (Wildman–Crippen LogP) is 3.15. The number of likely N-dealkylation sites (tertiary alicyclic amines) is 1. The Morgan fingerprint density at radius 1 is 1.06 bits per heavy atom. The number of nitrogens with one attached hydrogen (secondary N) is 2. The molecular weight excluding hydrogens is 418 g/mol. The van der Waals surface area contributed by atoms with Crippen LogP contribution in [0.25, 0.3) is 0 Å². The predicted molar refractivity (Wildman–Crippen MR) is 126 cm³/mol. The molecule has 0 radical (unpaired) electrons. The molecule has 1 aliphatic rings. The van der Waals surface area contributed by atoms with E-state index in [9.17, 15) is 9.59 Å². The van der Waals surface area contributed by atoms with Crippen molar-refractivity contribution in [2.45, 2.75) is 18.3 Å². The lowest BCUT2D eigenvalue weighted by atomic mass is 9.75. The van der Waals surface area contributed by atoms with Crippen LogP contribution in [-0.2, 0) is 10.2 Å². The van der Waals surface area contributed by atoms with Crippen LogP contribution < -0.4 is 15.4 Å². The summed E-state index contributed by atoms with van der Waals surface area (Å²) in [5.41, 5.74) is 0.970. The van der Waals surface area contributed by atoms with Gasteiger partial charge in [-0.3, -0.25) is 14.6 Å². The third-order valence-corrected chi connectivity index (χ3v) is 5.97. The van der Waals surface area contributed by atoms with E-state index in [0.29, 0.717) is 42.2 Å². The number of piperidine rings is 1. The van der Waals surface area contributed by atoms with Gasteiger partial charge in [0.2, 0.25) is 5.91 Å². The fraction of sp³-hybridized carbons (Fsp3) is 0.280. The standard InChI is InChI=1S/C25H27N5O3/c1-26-24(32)25(21-11-3-4-13-27-21)12-7-15-30(17-25)23(31)20-10-6-14-28-22(20)29-18-8-5-9-19(16-18)33-2/h3-6,8-11,13-14,16H,7,12,15,17H2,1-2H3,(H,26,32)(H,28,29)/t25-/m1/s1. The molecule has 2 aromatic heterocycles. The second kappa shape index (κ2) is 9.68. The van der Waals surface area contributed by atoms with E-state index in [0.717, 1.165) is 5.69 Å². The monoisotopic (exact) mass is 445 g/mol. The summed E-state index contributed by atoms with van der Waals surface area (Å²) in [5.74, 6) is 0.826. The average Bonchev–Trinajstić information content (AvgIpc) is 2.88. The number of aromatic nitrogens is 2. The number of likely N-dealkylation sites (N-methyl/N-ethyl adjacent to an activating group) is 1. The van der Waals surface area contributed by atoms with Gasteiger partial charge in [0.05, 0.1) is 18.4 Å². The van der Waals surface area contributed by atoms with E-state index < -0.39 is 5.41 Å². The minimum Gasteiger partial charge on any atom is -0.497 e. The Bertz CT molecular complexity index is 1140. The van der Waals surface area contributed by atoms with Gasteiger partial charge in [-0.1, -0.05) is 12.1 Å². The van der Waals surface area contributed by atoms with E-state index >= 15 is 0 Å². The minimum absolute atomic E-state index is 0.139. The maximum atomic E-state index is 13.6. The fourth-order valence-corrected chi connectivity index (χ4v) is 4.31. The van der Waals surface area contributed by atoms with Gasteiger partial charge < -0.3 is 20.3 Å². The van der Waals surface area contributed by atoms with Crippen molar-refractivity contribution >= 4 is 23.3 Å². The van der Waals surface area contributed by atoms with Crippen molar-refractivity contribution in [3.05, 3.63) is 78.2 Å². The summed E-state index contributed by atoms with van der Waals surface area (Å²) in [5, 5.41) is 6.00. The molecule has 1 fully saturated rings. The lowest BCUT2D eigenvalue weighted by Crippen LogP contribution is -2.56. The van der Waals surface area contributed by atoms with E-state index in [1.807, 2.05) is 42.5 Å². The van der Waals surface area contributed by atoms with Gasteiger partial charge in [0, 0.05) is 44.3 Å². The number of hydrogen-bond donors (Lipinski definition) is 2. The number of methoxy groups -OCH3 is 1. The van der Waals surface area contributed by atoms with Crippen LogP contribution in [0.3, 0.4) is 0 Å². The molecule has 33 heavy (non-hydrogen) atoms. The quantitative estimate of drug-likeness (QED) is 0.605. The summed E-state index contributed by atoms with van der Waals surface area (Å²) in [4.78, 5) is 37.3. The highest BCUT2D eigenvalue weighted by Gasteiger charge is 2.45. The van der Waals surface area contributed by atoms with Crippen LogP contribution in [0.2, 0.25) is 0 Å². The van der Waals surface area contributed by atoms with Gasteiger partial charge in [0.1, 0.15) is 17.0 Å². The van der Waals surface area contributed by atoms with Crippen LogP contribution in [0.5, 0.6) is 5.75 Å². The summed E-state index contributed by atoms with van der Waals surface area (Å²) < 4.78 is 5.28. The number of benzene rings is 1. The molecule has 2 N–H and O–H groups in total. The van der Waals surface area contributed by atoms with Crippen molar-refractivity contribution in [3.8, 4) is 5.75 Å². The molecule has 1 aliphatic heterocycles. The minimum atomic E-state index is -0.896. The number of amides is 2. The van der Waals surface area contributed by atoms with Gasteiger partial charge in [-0.25, -0.2) is 4.98 Å². The third kappa shape index (κ3) is 4.50. The number of anilines is 2. The summed E-state index contributed by atoms with van der Waals surface area (Å²) in [6, 6.07) is 16.4. The first-order chi connectivity index (χ1) is 16.1. The van der Waals surface area contributed by atoms with Crippen molar-refractivity contribution in [2.24, 2.45) is 0 Å². The molecular formula is C25H27N5O3. The van der Waals surface area contributed by atoms with E-state index in [4.69, 9.17) is 4.74 Å². The second-order valence-corrected chi connectivity index (χ2v) is 7.96. The molecule has 8 nitrogen and oxygen atoms in total. The molecule has 0 unspecified atom stereocenters. The largest absolute Gasteiger partial charge is 0.497 e. The van der Waals surface area contributed by atoms with Crippen LogP contribution in [0.1, 0.15) is 28.9 Å². The molecule has 3 heterocycles. The summed E-state index contributed by atoms with van der Waals surface area (Å²) >= 11 is 0. The summed E-state index contributed by atoms with van der Waals surface area (Å²) in [6.45, 7) is 0.800. The zero-order chi connectivity index (χ0) is 23.3. The van der Waals surface area contributed by atoms with E-state index in [1.165, 1.54) is 0 Å². The maximum Gasteiger partial charge on any atom is 0.257 e. The van der Waals surface area contributed by atoms with Crippen LogP contribution in [0.15, 0.2) is 67.0 Å². The van der Waals surface area contributed by atoms with Gasteiger partial charge in [-0.2, -0.15) is 0 Å². The molecule has 0 bridgehead atoms. The van der Waals surface area contributed by atoms with Crippen molar-refractivity contribution in [2.75, 3.05) is 32.6 Å². The zero-order valence-electron chi connectivity index (χ0n) is 18.7. The molecule has 0 saturated carbocycles. The number of nitrogens with zero attached hydrogens (tertiary/aromatic N) is 3. The highest BCUT2D eigenvalue weighted by atomic mass is 16.5. The van der Waals surface area contributed by atoms with Crippen molar-refractivity contribution in [3.63, 3.8) is 0 Å². The first-order valence-electron chi connectivity index (χ1n) is 10.9. The molecule has 0 spiro atoms. The van der Waals surface area contributed by atoms with Gasteiger partial charge in [0.15, 0.2) is 0 Å². The highest BCUT2D eigenvalue weighted by Crippen LogP contribution is 2.34. The lowest BCUT2D eigenvalue weighted by molar-refractivity contribution is -0.128. The van der Waals surface area contributed by atoms with Crippen molar-refractivity contribution in [1.82, 2.24) is 20.2 Å². The Balaban J connectivity index is 1.64. The number of ether oxygens (including phenoxy) is 1. The molecule has 170 valence electrons. The smallest absolute Gasteiger partial charge is 0.257 e. The number of pyridine rings is 2. The molecule has 3 aromatic rings. The van der Waals surface area contributed by atoms with Gasteiger partial charge in [-0.15, -0.1) is 0 Å². The molecule has 1 aromatic carbocycles. The van der Waals surface area contributed by atoms with E-state index in [-0.39, 0.29) is 18.4 Å². The fourth-order valence-electron chi connectivity index (χ4n) is 4.31. The van der Waals surface area contributed by atoms with Crippen LogP contribution in [-0.4, -0.2) is 53.9 Å². The average molecular weight is 446 g/mol. The molecule has 1 atom stereocenters. The molecule has 8 heteroatoms. The maximum absolute atomic E-state index is 13.6. The van der Waals surface area contributed by atoms with Crippen LogP contribution in [0, 0.1) is 0 Å². The topological polar surface area (TPSA) is 96.5 Å². The molecule has 0 aliphatic carbocycles. The van der Waals surface area contributed by atoms with E-state index in [2.05, 4.69) is 20.6 Å². The third-order valence-electron chi connectivity index (χ3n) is 5.97. The Morgan fingerprint density at radius 3 is 2.67 bits per heavy atom. The van der Waals surface area contributed by atoms with Crippen LogP contribution >= 0.6 is 0 Å². The van der Waals surface area contributed by atoms with Crippen molar-refractivity contribution in [1.29, 1.82) is 0 Å².